The number of anilines is 1. The van der Waals surface area contributed by atoms with E-state index < -0.39 is 0 Å². The molecule has 0 radical (unpaired) electrons. The molecule has 108 valence electrons. The van der Waals surface area contributed by atoms with Crippen molar-refractivity contribution in [2.75, 3.05) is 5.73 Å². The molecule has 0 aliphatic carbocycles. The number of benzene rings is 1. The third-order valence-corrected chi connectivity index (χ3v) is 5.28. The number of esters is 1. The van der Waals surface area contributed by atoms with Gasteiger partial charge in [0.2, 0.25) is 0 Å². The van der Waals surface area contributed by atoms with Crippen LogP contribution in [0.5, 0.6) is 0 Å². The molecule has 0 fully saturated rings. The van der Waals surface area contributed by atoms with Gasteiger partial charge < -0.3 is 10.5 Å². The van der Waals surface area contributed by atoms with Gasteiger partial charge in [-0.25, -0.2) is 9.78 Å². The van der Waals surface area contributed by atoms with Crippen LogP contribution in [0.15, 0.2) is 24.3 Å². The number of nitrogens with zero attached hydrogens (tertiary/aromatic N) is 1. The normalized spacial score (nSPS) is 11.0. The zero-order chi connectivity index (χ0) is 15.0. The topological polar surface area (TPSA) is 65.2 Å². The standard InChI is InChI=1S/C15H14N2O2S2/c1-8-9(2)20-14(17-8)7-19-15(18)13-6-10-5-11(16)3-4-12(10)21-13/h3-6H,7,16H2,1-2H3. The first-order valence-corrected chi connectivity index (χ1v) is 8.05. The molecule has 0 saturated heterocycles. The number of aryl methyl sites for hydroxylation is 2. The summed E-state index contributed by atoms with van der Waals surface area (Å²) in [5, 5.41) is 1.79. The van der Waals surface area contributed by atoms with Crippen LogP contribution in [0.3, 0.4) is 0 Å². The van der Waals surface area contributed by atoms with E-state index in [1.807, 2.05) is 38.1 Å². The molecule has 0 atom stereocenters. The van der Waals surface area contributed by atoms with E-state index in [2.05, 4.69) is 4.98 Å². The number of hydrogen-bond acceptors (Lipinski definition) is 6. The van der Waals surface area contributed by atoms with Crippen LogP contribution in [-0.4, -0.2) is 11.0 Å². The Hall–Kier alpha value is -1.92. The van der Waals surface area contributed by atoms with Crippen LogP contribution in [0.25, 0.3) is 10.1 Å². The van der Waals surface area contributed by atoms with Crippen molar-refractivity contribution in [3.63, 3.8) is 0 Å². The second-order valence-corrected chi connectivity index (χ2v) is 7.10. The number of ether oxygens (including phenoxy) is 1. The van der Waals surface area contributed by atoms with Crippen molar-refractivity contribution in [1.82, 2.24) is 4.98 Å². The van der Waals surface area contributed by atoms with Crippen molar-refractivity contribution in [2.45, 2.75) is 20.5 Å². The summed E-state index contributed by atoms with van der Waals surface area (Å²) in [6, 6.07) is 7.42. The molecule has 0 aliphatic rings. The molecule has 2 N–H and O–H groups in total. The molecule has 0 aliphatic heterocycles. The molecule has 0 unspecified atom stereocenters. The smallest absolute Gasteiger partial charge is 0.348 e. The number of fused-ring (bicyclic) bond motifs is 1. The zero-order valence-electron chi connectivity index (χ0n) is 11.7. The molecule has 21 heavy (non-hydrogen) atoms. The Morgan fingerprint density at radius 1 is 1.29 bits per heavy atom. The fourth-order valence-electron chi connectivity index (χ4n) is 1.96. The van der Waals surface area contributed by atoms with Gasteiger partial charge in [0, 0.05) is 15.3 Å². The highest BCUT2D eigenvalue weighted by Gasteiger charge is 2.13. The molecular formula is C15H14N2O2S2. The first-order valence-electron chi connectivity index (χ1n) is 6.42. The van der Waals surface area contributed by atoms with E-state index in [1.54, 1.807) is 11.3 Å². The molecule has 0 spiro atoms. The number of nitrogens with two attached hydrogens (primary N) is 1. The molecule has 0 amide bonds. The fourth-order valence-corrected chi connectivity index (χ4v) is 3.75. The average molecular weight is 318 g/mol. The number of rotatable bonds is 3. The highest BCUT2D eigenvalue weighted by molar-refractivity contribution is 7.20. The van der Waals surface area contributed by atoms with Crippen LogP contribution in [0.2, 0.25) is 0 Å². The first kappa shape index (κ1) is 14.0. The molecule has 4 nitrogen and oxygen atoms in total. The molecule has 2 heterocycles. The van der Waals surface area contributed by atoms with Gasteiger partial charge in [-0.05, 0) is 43.5 Å². The minimum atomic E-state index is -0.319. The lowest BCUT2D eigenvalue weighted by Crippen LogP contribution is -2.02. The van der Waals surface area contributed by atoms with Gasteiger partial charge in [-0.3, -0.25) is 0 Å². The van der Waals surface area contributed by atoms with Gasteiger partial charge in [0.05, 0.1) is 5.69 Å². The van der Waals surface area contributed by atoms with Crippen LogP contribution in [0.4, 0.5) is 5.69 Å². The highest BCUT2D eigenvalue weighted by atomic mass is 32.1. The molecular weight excluding hydrogens is 304 g/mol. The molecule has 3 rings (SSSR count). The molecule has 3 aromatic rings. The summed E-state index contributed by atoms with van der Waals surface area (Å²) in [7, 11) is 0. The van der Waals surface area contributed by atoms with Gasteiger partial charge in [0.1, 0.15) is 16.5 Å². The Balaban J connectivity index is 1.74. The van der Waals surface area contributed by atoms with Crippen LogP contribution in [-0.2, 0) is 11.3 Å². The largest absolute Gasteiger partial charge is 0.454 e. The second kappa shape index (κ2) is 5.46. The lowest BCUT2D eigenvalue weighted by atomic mass is 10.2. The van der Waals surface area contributed by atoms with Crippen molar-refractivity contribution in [2.24, 2.45) is 0 Å². The maximum Gasteiger partial charge on any atom is 0.348 e. The van der Waals surface area contributed by atoms with Crippen molar-refractivity contribution in [3.05, 3.63) is 44.7 Å². The third-order valence-electron chi connectivity index (χ3n) is 3.14. The number of thiophene rings is 1. The Bertz CT molecular complexity index is 801. The number of carbonyl (C=O) groups excluding carboxylic acids is 1. The maximum absolute atomic E-state index is 12.1. The Labute approximate surface area is 130 Å². The fraction of sp³-hybridized carbons (Fsp3) is 0.200. The quantitative estimate of drug-likeness (QED) is 0.587. The third kappa shape index (κ3) is 2.91. The van der Waals surface area contributed by atoms with Crippen molar-refractivity contribution < 1.29 is 9.53 Å². The van der Waals surface area contributed by atoms with E-state index in [1.165, 1.54) is 11.3 Å². The average Bonchev–Trinajstić information content (AvgIpc) is 3.00. The predicted molar refractivity (Wildman–Crippen MR) is 86.9 cm³/mol. The van der Waals surface area contributed by atoms with Gasteiger partial charge in [0.25, 0.3) is 0 Å². The summed E-state index contributed by atoms with van der Waals surface area (Å²) in [5.74, 6) is -0.319. The molecule has 0 bridgehead atoms. The Morgan fingerprint density at radius 2 is 2.10 bits per heavy atom. The van der Waals surface area contributed by atoms with Gasteiger partial charge >= 0.3 is 5.97 Å². The van der Waals surface area contributed by atoms with Gasteiger partial charge in [-0.2, -0.15) is 0 Å². The number of nitrogen functional groups attached to an aromatic ring is 1. The minimum absolute atomic E-state index is 0.217. The van der Waals surface area contributed by atoms with Crippen molar-refractivity contribution in [3.8, 4) is 0 Å². The summed E-state index contributed by atoms with van der Waals surface area (Å²) in [6.45, 7) is 4.18. The Kier molecular flexibility index (Phi) is 3.65. The molecule has 6 heteroatoms. The lowest BCUT2D eigenvalue weighted by Gasteiger charge is -1.99. The highest BCUT2D eigenvalue weighted by Crippen LogP contribution is 2.28. The van der Waals surface area contributed by atoms with E-state index in [0.717, 1.165) is 25.7 Å². The van der Waals surface area contributed by atoms with Gasteiger partial charge in [-0.1, -0.05) is 0 Å². The van der Waals surface area contributed by atoms with E-state index in [9.17, 15) is 4.79 Å². The SMILES string of the molecule is Cc1nc(COC(=O)c2cc3cc(N)ccc3s2)sc1C. The number of aromatic nitrogens is 1. The van der Waals surface area contributed by atoms with E-state index >= 15 is 0 Å². The molecule has 2 aromatic heterocycles. The zero-order valence-corrected chi connectivity index (χ0v) is 13.3. The van der Waals surface area contributed by atoms with Crippen LogP contribution in [0, 0.1) is 13.8 Å². The van der Waals surface area contributed by atoms with Gasteiger partial charge in [-0.15, -0.1) is 22.7 Å². The predicted octanol–water partition coefficient (Wildman–Crippen LogP) is 3.91. The van der Waals surface area contributed by atoms with Crippen LogP contribution < -0.4 is 5.73 Å². The van der Waals surface area contributed by atoms with Crippen molar-refractivity contribution >= 4 is 44.4 Å². The minimum Gasteiger partial charge on any atom is -0.454 e. The summed E-state index contributed by atoms with van der Waals surface area (Å²) in [5.41, 5.74) is 7.42. The maximum atomic E-state index is 12.1. The number of hydrogen-bond donors (Lipinski definition) is 1. The van der Waals surface area contributed by atoms with Crippen LogP contribution in [0.1, 0.15) is 25.3 Å². The summed E-state index contributed by atoms with van der Waals surface area (Å²) >= 11 is 2.97. The summed E-state index contributed by atoms with van der Waals surface area (Å²) in [4.78, 5) is 18.2. The monoisotopic (exact) mass is 318 g/mol. The van der Waals surface area contributed by atoms with Crippen molar-refractivity contribution in [1.29, 1.82) is 0 Å². The lowest BCUT2D eigenvalue weighted by molar-refractivity contribution is 0.0478. The Morgan fingerprint density at radius 3 is 2.81 bits per heavy atom. The summed E-state index contributed by atoms with van der Waals surface area (Å²) in [6.07, 6.45) is 0. The number of thiazole rings is 1. The number of carbonyl (C=O) groups is 1. The van der Waals surface area contributed by atoms with E-state index in [-0.39, 0.29) is 12.6 Å². The van der Waals surface area contributed by atoms with E-state index in [0.29, 0.717) is 10.6 Å². The van der Waals surface area contributed by atoms with E-state index in [4.69, 9.17) is 10.5 Å². The van der Waals surface area contributed by atoms with Crippen LogP contribution >= 0.6 is 22.7 Å². The van der Waals surface area contributed by atoms with Gasteiger partial charge in [0.15, 0.2) is 0 Å². The first-order chi connectivity index (χ1) is 10.0. The molecule has 1 aromatic carbocycles. The second-order valence-electron chi connectivity index (χ2n) is 4.73. The summed E-state index contributed by atoms with van der Waals surface area (Å²) < 4.78 is 6.36. The molecule has 0 saturated carbocycles.